The molecule has 0 saturated heterocycles. The molecule has 0 atom stereocenters. The number of hydrogen-bond acceptors (Lipinski definition) is 2. The van der Waals surface area contributed by atoms with Gasteiger partial charge in [0.1, 0.15) is 4.90 Å². The van der Waals surface area contributed by atoms with E-state index in [9.17, 15) is 13.0 Å². The minimum Gasteiger partial charge on any atom is -0.282 e. The second-order valence-corrected chi connectivity index (χ2v) is 8.49. The van der Waals surface area contributed by atoms with Crippen molar-refractivity contribution in [2.45, 2.75) is 64.2 Å². The molecule has 1 N–H and O–H groups in total. The SMILES string of the molecule is CC(C)c1ccc2cc(C(C)C)c(S(=O)(=O)O)c(C(C)C)c2c1. The van der Waals surface area contributed by atoms with Gasteiger partial charge in [0, 0.05) is 0 Å². The molecule has 2 aromatic carbocycles. The van der Waals surface area contributed by atoms with E-state index in [1.54, 1.807) is 0 Å². The predicted octanol–water partition coefficient (Wildman–Crippen LogP) is 5.46. The first-order chi connectivity index (χ1) is 10.5. The van der Waals surface area contributed by atoms with Crippen LogP contribution >= 0.6 is 0 Å². The van der Waals surface area contributed by atoms with Gasteiger partial charge in [0.2, 0.25) is 0 Å². The highest BCUT2D eigenvalue weighted by Gasteiger charge is 2.26. The fraction of sp³-hybridized carbons (Fsp3) is 0.474. The minimum absolute atomic E-state index is 0.00413. The van der Waals surface area contributed by atoms with Crippen LogP contribution in [-0.4, -0.2) is 13.0 Å². The van der Waals surface area contributed by atoms with Crippen molar-refractivity contribution in [3.63, 3.8) is 0 Å². The van der Waals surface area contributed by atoms with Crippen LogP contribution in [0.15, 0.2) is 29.2 Å². The quantitative estimate of drug-likeness (QED) is 0.756. The van der Waals surface area contributed by atoms with Gasteiger partial charge in [0.25, 0.3) is 10.1 Å². The van der Waals surface area contributed by atoms with E-state index < -0.39 is 10.1 Å². The fourth-order valence-corrected chi connectivity index (χ4v) is 4.31. The van der Waals surface area contributed by atoms with E-state index in [4.69, 9.17) is 0 Å². The number of rotatable bonds is 4. The number of benzene rings is 2. The Hall–Kier alpha value is -1.39. The van der Waals surface area contributed by atoms with Gasteiger partial charge in [0.15, 0.2) is 0 Å². The third-order valence-electron chi connectivity index (χ3n) is 4.31. The van der Waals surface area contributed by atoms with Gasteiger partial charge in [-0.05, 0) is 51.3 Å². The minimum atomic E-state index is -4.28. The van der Waals surface area contributed by atoms with Gasteiger partial charge < -0.3 is 0 Å². The van der Waals surface area contributed by atoms with Crippen LogP contribution in [0.2, 0.25) is 0 Å². The smallest absolute Gasteiger partial charge is 0.282 e. The van der Waals surface area contributed by atoms with E-state index in [0.717, 1.165) is 21.9 Å². The molecule has 0 bridgehead atoms. The van der Waals surface area contributed by atoms with Crippen molar-refractivity contribution in [1.82, 2.24) is 0 Å². The summed E-state index contributed by atoms with van der Waals surface area (Å²) in [4.78, 5) is 0.0934. The van der Waals surface area contributed by atoms with Gasteiger partial charge in [-0.15, -0.1) is 0 Å². The Morgan fingerprint density at radius 2 is 1.48 bits per heavy atom. The van der Waals surface area contributed by atoms with Crippen LogP contribution in [-0.2, 0) is 10.1 Å². The van der Waals surface area contributed by atoms with Crippen LogP contribution < -0.4 is 0 Å². The average molecular weight is 334 g/mol. The highest BCUT2D eigenvalue weighted by atomic mass is 32.2. The van der Waals surface area contributed by atoms with Gasteiger partial charge in [-0.25, -0.2) is 0 Å². The molecule has 0 aliphatic carbocycles. The Kier molecular flexibility index (Phi) is 4.88. The fourth-order valence-electron chi connectivity index (χ4n) is 3.09. The number of hydrogen-bond donors (Lipinski definition) is 1. The van der Waals surface area contributed by atoms with Gasteiger partial charge >= 0.3 is 0 Å². The summed E-state index contributed by atoms with van der Waals surface area (Å²) >= 11 is 0. The van der Waals surface area contributed by atoms with E-state index in [1.165, 1.54) is 0 Å². The van der Waals surface area contributed by atoms with Crippen LogP contribution in [0.3, 0.4) is 0 Å². The maximum atomic E-state index is 12.1. The van der Waals surface area contributed by atoms with Crippen LogP contribution in [0.4, 0.5) is 0 Å². The zero-order chi connectivity index (χ0) is 17.5. The summed E-state index contributed by atoms with van der Waals surface area (Å²) in [5, 5.41) is 1.94. The molecule has 2 aromatic rings. The van der Waals surface area contributed by atoms with Crippen LogP contribution in [0.25, 0.3) is 10.8 Å². The van der Waals surface area contributed by atoms with Crippen molar-refractivity contribution in [2.75, 3.05) is 0 Å². The standard InChI is InChI=1S/C19H26O3S/c1-11(2)14-7-8-15-10-16(12(3)4)19(23(20,21)22)18(13(5)6)17(15)9-14/h7-13H,1-6H3,(H,20,21,22). The summed E-state index contributed by atoms with van der Waals surface area (Å²) in [6.45, 7) is 12.1. The first kappa shape index (κ1) is 18.0. The first-order valence-corrected chi connectivity index (χ1v) is 9.56. The monoisotopic (exact) mass is 334 g/mol. The van der Waals surface area contributed by atoms with Gasteiger partial charge in [-0.3, -0.25) is 4.55 Å². The van der Waals surface area contributed by atoms with Gasteiger partial charge in [-0.2, -0.15) is 8.42 Å². The average Bonchev–Trinajstić information content (AvgIpc) is 2.42. The summed E-state index contributed by atoms with van der Waals surface area (Å²) in [5.41, 5.74) is 2.56. The largest absolute Gasteiger partial charge is 0.295 e. The zero-order valence-corrected chi connectivity index (χ0v) is 15.5. The van der Waals surface area contributed by atoms with E-state index in [-0.39, 0.29) is 16.7 Å². The maximum Gasteiger partial charge on any atom is 0.295 e. The lowest BCUT2D eigenvalue weighted by molar-refractivity contribution is 0.479. The molecule has 126 valence electrons. The molecule has 0 radical (unpaired) electrons. The Bertz CT molecular complexity index is 831. The second-order valence-electron chi connectivity index (χ2n) is 7.13. The van der Waals surface area contributed by atoms with Gasteiger partial charge in [-0.1, -0.05) is 59.7 Å². The molecule has 4 heteroatoms. The van der Waals surface area contributed by atoms with Crippen LogP contribution in [0, 0.1) is 0 Å². The van der Waals surface area contributed by atoms with Crippen molar-refractivity contribution < 1.29 is 13.0 Å². The van der Waals surface area contributed by atoms with Crippen molar-refractivity contribution in [2.24, 2.45) is 0 Å². The summed E-state index contributed by atoms with van der Waals surface area (Å²) in [7, 11) is -4.28. The molecule has 0 fully saturated rings. The van der Waals surface area contributed by atoms with E-state index in [2.05, 4.69) is 32.0 Å². The van der Waals surface area contributed by atoms with Gasteiger partial charge in [0.05, 0.1) is 0 Å². The molecule has 0 amide bonds. The Morgan fingerprint density at radius 1 is 0.870 bits per heavy atom. The molecular weight excluding hydrogens is 308 g/mol. The first-order valence-electron chi connectivity index (χ1n) is 8.12. The zero-order valence-electron chi connectivity index (χ0n) is 14.7. The third-order valence-corrected chi connectivity index (χ3v) is 5.28. The number of fused-ring (bicyclic) bond motifs is 1. The molecule has 0 aliphatic rings. The normalized spacial score (nSPS) is 12.8. The molecule has 0 spiro atoms. The molecule has 0 unspecified atom stereocenters. The molecular formula is C19H26O3S. The molecule has 23 heavy (non-hydrogen) atoms. The maximum absolute atomic E-state index is 12.1. The summed E-state index contributed by atoms with van der Waals surface area (Å²) in [6.07, 6.45) is 0. The lowest BCUT2D eigenvalue weighted by Gasteiger charge is -2.21. The molecule has 3 nitrogen and oxygen atoms in total. The summed E-state index contributed by atoms with van der Waals surface area (Å²) in [6, 6.07) is 8.11. The summed E-state index contributed by atoms with van der Waals surface area (Å²) in [5.74, 6) is 0.368. The third kappa shape index (κ3) is 3.43. The molecule has 0 heterocycles. The Balaban J connectivity index is 3.04. The molecule has 0 saturated carbocycles. The highest BCUT2D eigenvalue weighted by molar-refractivity contribution is 7.86. The predicted molar refractivity (Wildman–Crippen MR) is 96.0 cm³/mol. The Morgan fingerprint density at radius 3 is 1.91 bits per heavy atom. The van der Waals surface area contributed by atoms with Crippen molar-refractivity contribution in [3.05, 3.63) is 41.0 Å². The molecule has 0 aliphatic heterocycles. The van der Waals surface area contributed by atoms with Crippen LogP contribution in [0.5, 0.6) is 0 Å². The van der Waals surface area contributed by atoms with Crippen molar-refractivity contribution >= 4 is 20.9 Å². The topological polar surface area (TPSA) is 54.4 Å². The van der Waals surface area contributed by atoms with Crippen LogP contribution in [0.1, 0.15) is 76.0 Å². The van der Waals surface area contributed by atoms with E-state index >= 15 is 0 Å². The molecule has 2 rings (SSSR count). The second kappa shape index (κ2) is 6.25. The van der Waals surface area contributed by atoms with Crippen molar-refractivity contribution in [3.8, 4) is 0 Å². The van der Waals surface area contributed by atoms with E-state index in [0.29, 0.717) is 11.5 Å². The van der Waals surface area contributed by atoms with Crippen molar-refractivity contribution in [1.29, 1.82) is 0 Å². The lowest BCUT2D eigenvalue weighted by Crippen LogP contribution is -2.11. The summed E-state index contributed by atoms with van der Waals surface area (Å²) < 4.78 is 34.1. The molecule has 0 aromatic heterocycles. The Labute approximate surface area is 139 Å². The van der Waals surface area contributed by atoms with E-state index in [1.807, 2.05) is 33.8 Å². The highest BCUT2D eigenvalue weighted by Crippen LogP contribution is 2.38. The lowest BCUT2D eigenvalue weighted by atomic mass is 9.88.